The molecule has 0 spiro atoms. The van der Waals surface area contributed by atoms with E-state index < -0.39 is 10.0 Å². The molecule has 1 aromatic rings. The molecule has 2 rings (SSSR count). The molecule has 0 heterocycles. The van der Waals surface area contributed by atoms with Gasteiger partial charge in [-0.05, 0) is 42.9 Å². The molecule has 0 amide bonds. The van der Waals surface area contributed by atoms with E-state index in [0.29, 0.717) is 28.1 Å². The van der Waals surface area contributed by atoms with Crippen LogP contribution in [0.4, 0.5) is 5.69 Å². The first kappa shape index (κ1) is 16.6. The van der Waals surface area contributed by atoms with Crippen LogP contribution in [-0.4, -0.2) is 14.5 Å². The van der Waals surface area contributed by atoms with Gasteiger partial charge in [0.1, 0.15) is 0 Å². The van der Waals surface area contributed by atoms with Crippen molar-refractivity contribution in [3.05, 3.63) is 22.7 Å². The number of aryl methyl sites for hydroxylation is 1. The number of hydrogen-bond donors (Lipinski definition) is 2. The Morgan fingerprint density at radius 2 is 1.95 bits per heavy atom. The van der Waals surface area contributed by atoms with E-state index in [0.717, 1.165) is 19.3 Å². The van der Waals surface area contributed by atoms with Crippen LogP contribution < -0.4 is 10.5 Å². The van der Waals surface area contributed by atoms with Crippen molar-refractivity contribution in [3.8, 4) is 0 Å². The first-order chi connectivity index (χ1) is 9.72. The molecule has 1 fully saturated rings. The van der Waals surface area contributed by atoms with Crippen LogP contribution in [0.2, 0.25) is 5.02 Å². The van der Waals surface area contributed by atoms with Crippen LogP contribution >= 0.6 is 11.6 Å². The minimum Gasteiger partial charge on any atom is -0.397 e. The lowest BCUT2D eigenvalue weighted by molar-refractivity contribution is 0.227. The topological polar surface area (TPSA) is 72.2 Å². The summed E-state index contributed by atoms with van der Waals surface area (Å²) in [6.07, 6.45) is 3.10. The summed E-state index contributed by atoms with van der Waals surface area (Å²) in [6.45, 7) is 6.04. The fourth-order valence-corrected chi connectivity index (χ4v) is 4.52. The van der Waals surface area contributed by atoms with Crippen molar-refractivity contribution in [3.63, 3.8) is 0 Å². The second-order valence-corrected chi connectivity index (χ2v) is 8.23. The largest absolute Gasteiger partial charge is 0.397 e. The van der Waals surface area contributed by atoms with Crippen LogP contribution in [0.3, 0.4) is 0 Å². The molecule has 118 valence electrons. The normalized spacial score (nSPS) is 26.8. The van der Waals surface area contributed by atoms with E-state index in [4.69, 9.17) is 17.3 Å². The second kappa shape index (κ2) is 6.15. The lowest BCUT2D eigenvalue weighted by atomic mass is 9.78. The lowest BCUT2D eigenvalue weighted by Gasteiger charge is -2.34. The average molecular weight is 331 g/mol. The zero-order valence-corrected chi connectivity index (χ0v) is 14.3. The summed E-state index contributed by atoms with van der Waals surface area (Å²) < 4.78 is 28.0. The first-order valence-electron chi connectivity index (χ1n) is 7.30. The van der Waals surface area contributed by atoms with Gasteiger partial charge in [-0.3, -0.25) is 0 Å². The summed E-state index contributed by atoms with van der Waals surface area (Å²) in [5.74, 6) is 0.864. The number of sulfonamides is 1. The third kappa shape index (κ3) is 3.52. The number of hydrogen-bond acceptors (Lipinski definition) is 3. The summed E-state index contributed by atoms with van der Waals surface area (Å²) in [4.78, 5) is 0.187. The van der Waals surface area contributed by atoms with Crippen LogP contribution in [-0.2, 0) is 10.0 Å². The molecule has 6 heteroatoms. The van der Waals surface area contributed by atoms with Gasteiger partial charge in [0.2, 0.25) is 10.0 Å². The van der Waals surface area contributed by atoms with Gasteiger partial charge < -0.3 is 5.73 Å². The molecule has 0 aromatic heterocycles. The summed E-state index contributed by atoms with van der Waals surface area (Å²) in [6, 6.07) is 2.97. The van der Waals surface area contributed by atoms with Gasteiger partial charge in [0.15, 0.2) is 0 Å². The fraction of sp³-hybridized carbons (Fsp3) is 0.600. The highest BCUT2D eigenvalue weighted by atomic mass is 35.5. The molecule has 3 N–H and O–H groups in total. The van der Waals surface area contributed by atoms with Gasteiger partial charge in [0.25, 0.3) is 0 Å². The van der Waals surface area contributed by atoms with Crippen molar-refractivity contribution < 1.29 is 8.42 Å². The summed E-state index contributed by atoms with van der Waals surface area (Å²) in [5, 5.41) is 0.411. The maximum atomic E-state index is 12.6. The molecule has 4 nitrogen and oxygen atoms in total. The van der Waals surface area contributed by atoms with Gasteiger partial charge in [-0.15, -0.1) is 0 Å². The van der Waals surface area contributed by atoms with Crippen molar-refractivity contribution in [1.82, 2.24) is 4.72 Å². The molecule has 3 atom stereocenters. The Hall–Kier alpha value is -0.780. The molecule has 1 aliphatic carbocycles. The molecule has 21 heavy (non-hydrogen) atoms. The van der Waals surface area contributed by atoms with E-state index in [-0.39, 0.29) is 10.9 Å². The van der Waals surface area contributed by atoms with Gasteiger partial charge in [0, 0.05) is 6.04 Å². The van der Waals surface area contributed by atoms with Crippen molar-refractivity contribution in [1.29, 1.82) is 0 Å². The van der Waals surface area contributed by atoms with Gasteiger partial charge in [0.05, 0.1) is 15.6 Å². The second-order valence-electron chi connectivity index (χ2n) is 6.14. The van der Waals surface area contributed by atoms with E-state index in [9.17, 15) is 8.42 Å². The summed E-state index contributed by atoms with van der Waals surface area (Å²) >= 11 is 5.99. The maximum absolute atomic E-state index is 12.6. The Labute approximate surface area is 132 Å². The predicted molar refractivity (Wildman–Crippen MR) is 86.9 cm³/mol. The number of nitrogen functional groups attached to an aromatic ring is 1. The number of halogens is 1. The zero-order valence-electron chi connectivity index (χ0n) is 12.7. The van der Waals surface area contributed by atoms with Crippen molar-refractivity contribution in [2.45, 2.75) is 51.0 Å². The van der Waals surface area contributed by atoms with Crippen molar-refractivity contribution >= 4 is 27.3 Å². The highest BCUT2D eigenvalue weighted by Crippen LogP contribution is 2.31. The molecule has 0 bridgehead atoms. The number of anilines is 1. The third-order valence-corrected chi connectivity index (χ3v) is 6.57. The Bertz CT molecular complexity index is 608. The Morgan fingerprint density at radius 1 is 1.29 bits per heavy atom. The Morgan fingerprint density at radius 3 is 2.57 bits per heavy atom. The molecule has 1 saturated carbocycles. The molecule has 3 unspecified atom stereocenters. The average Bonchev–Trinajstić information content (AvgIpc) is 2.40. The number of benzene rings is 1. The monoisotopic (exact) mass is 330 g/mol. The van der Waals surface area contributed by atoms with Crippen molar-refractivity contribution in [2.75, 3.05) is 5.73 Å². The van der Waals surface area contributed by atoms with E-state index in [2.05, 4.69) is 18.6 Å². The minimum absolute atomic E-state index is 0.0176. The number of nitrogens with two attached hydrogens (primary N) is 1. The molecule has 0 saturated heterocycles. The standard InChI is InChI=1S/C15H23ClN2O2S/c1-9-5-4-6-14(11(9)3)18-21(19,20)12-7-10(2)15(16)13(17)8-12/h7-9,11,14,18H,4-6,17H2,1-3H3. The third-order valence-electron chi connectivity index (χ3n) is 4.58. The first-order valence-corrected chi connectivity index (χ1v) is 9.16. The summed E-state index contributed by atoms with van der Waals surface area (Å²) in [7, 11) is -3.57. The van der Waals surface area contributed by atoms with Crippen molar-refractivity contribution in [2.24, 2.45) is 11.8 Å². The van der Waals surface area contributed by atoms with E-state index in [1.54, 1.807) is 13.0 Å². The minimum atomic E-state index is -3.57. The van der Waals surface area contributed by atoms with Gasteiger partial charge in [-0.1, -0.05) is 38.3 Å². The quantitative estimate of drug-likeness (QED) is 0.835. The number of rotatable bonds is 3. The van der Waals surface area contributed by atoms with E-state index in [1.165, 1.54) is 6.07 Å². The number of nitrogens with one attached hydrogen (secondary N) is 1. The van der Waals surface area contributed by atoms with Crippen LogP contribution in [0.25, 0.3) is 0 Å². The van der Waals surface area contributed by atoms with Crippen LogP contribution in [0.15, 0.2) is 17.0 Å². The molecule has 1 aliphatic rings. The smallest absolute Gasteiger partial charge is 0.240 e. The van der Waals surface area contributed by atoms with Crippen LogP contribution in [0.1, 0.15) is 38.7 Å². The van der Waals surface area contributed by atoms with Gasteiger partial charge >= 0.3 is 0 Å². The van der Waals surface area contributed by atoms with E-state index in [1.807, 2.05) is 0 Å². The van der Waals surface area contributed by atoms with E-state index >= 15 is 0 Å². The fourth-order valence-electron chi connectivity index (χ4n) is 2.93. The highest BCUT2D eigenvalue weighted by molar-refractivity contribution is 7.89. The van der Waals surface area contributed by atoms with Gasteiger partial charge in [-0.2, -0.15) is 0 Å². The highest BCUT2D eigenvalue weighted by Gasteiger charge is 2.31. The van der Waals surface area contributed by atoms with Crippen LogP contribution in [0, 0.1) is 18.8 Å². The SMILES string of the molecule is Cc1cc(S(=O)(=O)NC2CCCC(C)C2C)cc(N)c1Cl. The molecule has 0 radical (unpaired) electrons. The summed E-state index contributed by atoms with van der Waals surface area (Å²) in [5.41, 5.74) is 6.74. The van der Waals surface area contributed by atoms with Crippen LogP contribution in [0.5, 0.6) is 0 Å². The Kier molecular flexibility index (Phi) is 4.85. The molecular formula is C15H23ClN2O2S. The maximum Gasteiger partial charge on any atom is 0.240 e. The van der Waals surface area contributed by atoms with Gasteiger partial charge in [-0.25, -0.2) is 13.1 Å². The zero-order chi connectivity index (χ0) is 15.8. The molecular weight excluding hydrogens is 308 g/mol. The molecule has 0 aliphatic heterocycles. The molecule has 1 aromatic carbocycles. The Balaban J connectivity index is 2.26. The predicted octanol–water partition coefficient (Wildman–Crippen LogP) is 3.33. The lowest BCUT2D eigenvalue weighted by Crippen LogP contribution is -2.43.